The largest absolute Gasteiger partial charge is 0.370 e. The lowest BCUT2D eigenvalue weighted by Gasteiger charge is -2.06. The van der Waals surface area contributed by atoms with Crippen molar-refractivity contribution in [1.29, 1.82) is 0 Å². The van der Waals surface area contributed by atoms with Crippen molar-refractivity contribution in [3.05, 3.63) is 59.9 Å². The second kappa shape index (κ2) is 8.52. The van der Waals surface area contributed by atoms with Gasteiger partial charge in [0.2, 0.25) is 0 Å². The maximum Gasteiger partial charge on any atom is 0.193 e. The first kappa shape index (κ1) is 16.4. The van der Waals surface area contributed by atoms with Gasteiger partial charge in [0.15, 0.2) is 5.96 Å². The van der Waals surface area contributed by atoms with Crippen LogP contribution in [0.2, 0.25) is 0 Å². The van der Waals surface area contributed by atoms with Gasteiger partial charge in [-0.05, 0) is 42.7 Å². The Balaban J connectivity index is 0.00000200. The van der Waals surface area contributed by atoms with Crippen molar-refractivity contribution in [2.75, 3.05) is 11.9 Å². The van der Waals surface area contributed by atoms with Gasteiger partial charge in [-0.1, -0.05) is 18.2 Å². The van der Waals surface area contributed by atoms with Gasteiger partial charge >= 0.3 is 0 Å². The number of aryl methyl sites for hydroxylation is 1. The van der Waals surface area contributed by atoms with Gasteiger partial charge < -0.3 is 11.1 Å². The molecule has 1 aromatic heterocycles. The minimum absolute atomic E-state index is 0. The van der Waals surface area contributed by atoms with Gasteiger partial charge in [-0.25, -0.2) is 0 Å². The van der Waals surface area contributed by atoms with Crippen molar-refractivity contribution in [2.45, 2.75) is 13.3 Å². The Kier molecular flexibility index (Phi) is 7.00. The number of benzene rings is 1. The first-order valence-corrected chi connectivity index (χ1v) is 6.27. The summed E-state index contributed by atoms with van der Waals surface area (Å²) in [6.07, 6.45) is 4.54. The van der Waals surface area contributed by atoms with Crippen LogP contribution in [0, 0.1) is 6.92 Å². The summed E-state index contributed by atoms with van der Waals surface area (Å²) in [6.45, 7) is 2.72. The molecule has 2 rings (SSSR count). The van der Waals surface area contributed by atoms with E-state index in [-0.39, 0.29) is 24.0 Å². The molecule has 106 valence electrons. The lowest BCUT2D eigenvalue weighted by Crippen LogP contribution is -2.23. The van der Waals surface area contributed by atoms with Crippen LogP contribution in [0.1, 0.15) is 11.1 Å². The van der Waals surface area contributed by atoms with Crippen LogP contribution in [0.4, 0.5) is 5.69 Å². The third-order valence-corrected chi connectivity index (χ3v) is 2.85. The van der Waals surface area contributed by atoms with Gasteiger partial charge in [-0.2, -0.15) is 0 Å². The molecule has 0 spiro atoms. The predicted octanol–water partition coefficient (Wildman–Crippen LogP) is 2.98. The van der Waals surface area contributed by atoms with Crippen LogP contribution in [0.25, 0.3) is 0 Å². The number of nitrogens with one attached hydrogen (secondary N) is 1. The van der Waals surface area contributed by atoms with E-state index in [1.165, 1.54) is 11.1 Å². The lowest BCUT2D eigenvalue weighted by atomic mass is 10.1. The zero-order valence-corrected chi connectivity index (χ0v) is 13.7. The zero-order valence-electron chi connectivity index (χ0n) is 11.4. The first-order chi connectivity index (χ1) is 9.25. The molecule has 4 nitrogen and oxygen atoms in total. The number of aliphatic imine (C=N–C) groups is 1. The Morgan fingerprint density at radius 3 is 2.70 bits per heavy atom. The number of halogens is 1. The Hall–Kier alpha value is -1.63. The van der Waals surface area contributed by atoms with Gasteiger partial charge in [0.1, 0.15) is 0 Å². The van der Waals surface area contributed by atoms with Crippen LogP contribution in [-0.2, 0) is 6.42 Å². The number of pyridine rings is 1. The van der Waals surface area contributed by atoms with E-state index in [0.29, 0.717) is 12.5 Å². The van der Waals surface area contributed by atoms with E-state index in [0.717, 1.165) is 12.1 Å². The van der Waals surface area contributed by atoms with E-state index >= 15 is 0 Å². The van der Waals surface area contributed by atoms with Gasteiger partial charge in [0.25, 0.3) is 0 Å². The quantitative estimate of drug-likeness (QED) is 0.486. The highest BCUT2D eigenvalue weighted by atomic mass is 127. The number of hydrogen-bond donors (Lipinski definition) is 2. The van der Waals surface area contributed by atoms with E-state index in [9.17, 15) is 0 Å². The average Bonchev–Trinajstić information content (AvgIpc) is 2.42. The molecule has 0 atom stereocenters. The van der Waals surface area contributed by atoms with Gasteiger partial charge in [0.05, 0.1) is 0 Å². The summed E-state index contributed by atoms with van der Waals surface area (Å²) < 4.78 is 0. The molecule has 0 bridgehead atoms. The van der Waals surface area contributed by atoms with Crippen LogP contribution in [0.15, 0.2) is 53.8 Å². The van der Waals surface area contributed by atoms with Crippen molar-refractivity contribution in [3.63, 3.8) is 0 Å². The van der Waals surface area contributed by atoms with Crippen LogP contribution < -0.4 is 11.1 Å². The molecule has 0 saturated carbocycles. The van der Waals surface area contributed by atoms with E-state index < -0.39 is 0 Å². The Morgan fingerprint density at radius 2 is 2.00 bits per heavy atom. The summed E-state index contributed by atoms with van der Waals surface area (Å²) >= 11 is 0. The minimum Gasteiger partial charge on any atom is -0.370 e. The summed E-state index contributed by atoms with van der Waals surface area (Å²) in [4.78, 5) is 8.39. The molecule has 0 radical (unpaired) electrons. The fourth-order valence-corrected chi connectivity index (χ4v) is 1.79. The fraction of sp³-hybridized carbons (Fsp3) is 0.200. The van der Waals surface area contributed by atoms with Crippen LogP contribution in [-0.4, -0.2) is 17.5 Å². The van der Waals surface area contributed by atoms with Crippen molar-refractivity contribution < 1.29 is 0 Å². The third kappa shape index (κ3) is 5.16. The second-order valence-corrected chi connectivity index (χ2v) is 4.31. The topological polar surface area (TPSA) is 63.3 Å². The maximum atomic E-state index is 5.83. The molecule has 0 aliphatic heterocycles. The molecular weight excluding hydrogens is 363 g/mol. The van der Waals surface area contributed by atoms with Crippen molar-refractivity contribution in [3.8, 4) is 0 Å². The van der Waals surface area contributed by atoms with E-state index in [2.05, 4.69) is 22.2 Å². The van der Waals surface area contributed by atoms with E-state index in [1.807, 2.05) is 42.6 Å². The number of para-hydroxylation sites is 1. The highest BCUT2D eigenvalue weighted by Gasteiger charge is 1.97. The van der Waals surface area contributed by atoms with E-state index in [1.54, 1.807) is 6.20 Å². The number of anilines is 1. The fourth-order valence-electron chi connectivity index (χ4n) is 1.79. The summed E-state index contributed by atoms with van der Waals surface area (Å²) in [5.41, 5.74) is 9.23. The van der Waals surface area contributed by atoms with Crippen LogP contribution in [0.3, 0.4) is 0 Å². The summed E-state index contributed by atoms with van der Waals surface area (Å²) in [5.74, 6) is 0.443. The number of aromatic nitrogens is 1. The number of rotatable bonds is 4. The molecule has 0 saturated heterocycles. The molecule has 20 heavy (non-hydrogen) atoms. The SMILES string of the molecule is Cc1cnccc1CCN=C(N)Nc1ccccc1.I. The maximum absolute atomic E-state index is 5.83. The molecule has 5 heteroatoms. The highest BCUT2D eigenvalue weighted by molar-refractivity contribution is 14.0. The van der Waals surface area contributed by atoms with Gasteiger partial charge in [-0.3, -0.25) is 9.98 Å². The Bertz CT molecular complexity index is 555. The van der Waals surface area contributed by atoms with E-state index in [4.69, 9.17) is 5.73 Å². The molecule has 0 unspecified atom stereocenters. The number of hydrogen-bond acceptors (Lipinski definition) is 2. The molecule has 3 N–H and O–H groups in total. The summed E-state index contributed by atoms with van der Waals surface area (Å²) in [5, 5.41) is 3.06. The standard InChI is InChI=1S/C15H18N4.HI/c1-12-11-17-9-7-13(12)8-10-18-15(16)19-14-5-3-2-4-6-14;/h2-7,9,11H,8,10H2,1H3,(H3,16,18,19);1H. The molecule has 0 aliphatic carbocycles. The number of nitrogens with zero attached hydrogens (tertiary/aromatic N) is 2. The number of guanidine groups is 1. The van der Waals surface area contributed by atoms with Crippen molar-refractivity contribution in [2.24, 2.45) is 10.7 Å². The molecule has 1 aromatic carbocycles. The summed E-state index contributed by atoms with van der Waals surface area (Å²) in [6, 6.07) is 11.8. The smallest absolute Gasteiger partial charge is 0.193 e. The van der Waals surface area contributed by atoms with Crippen molar-refractivity contribution >= 4 is 35.6 Å². The van der Waals surface area contributed by atoms with Gasteiger partial charge in [-0.15, -0.1) is 24.0 Å². The van der Waals surface area contributed by atoms with Crippen LogP contribution in [0.5, 0.6) is 0 Å². The molecular formula is C15H19IN4. The van der Waals surface area contributed by atoms with Gasteiger partial charge in [0, 0.05) is 24.6 Å². The molecule has 0 aliphatic rings. The molecule has 2 aromatic rings. The first-order valence-electron chi connectivity index (χ1n) is 6.27. The minimum atomic E-state index is 0. The second-order valence-electron chi connectivity index (χ2n) is 4.31. The average molecular weight is 382 g/mol. The molecule has 0 fully saturated rings. The molecule has 1 heterocycles. The normalized spacial score (nSPS) is 10.8. The van der Waals surface area contributed by atoms with Crippen molar-refractivity contribution in [1.82, 2.24) is 4.98 Å². The predicted molar refractivity (Wildman–Crippen MR) is 94.6 cm³/mol. The lowest BCUT2D eigenvalue weighted by molar-refractivity contribution is 0.948. The highest BCUT2D eigenvalue weighted by Crippen LogP contribution is 2.06. The Morgan fingerprint density at radius 1 is 1.25 bits per heavy atom. The summed E-state index contributed by atoms with van der Waals surface area (Å²) in [7, 11) is 0. The van der Waals surface area contributed by atoms with Crippen LogP contribution >= 0.6 is 24.0 Å². The zero-order chi connectivity index (χ0) is 13.5. The number of nitrogens with two attached hydrogens (primary N) is 1. The Labute approximate surface area is 136 Å². The monoisotopic (exact) mass is 382 g/mol. The molecule has 0 amide bonds. The third-order valence-electron chi connectivity index (χ3n) is 2.85.